The van der Waals surface area contributed by atoms with E-state index in [1.807, 2.05) is 18.2 Å². The number of nitrogens with zero attached hydrogens (tertiary/aromatic N) is 3. The van der Waals surface area contributed by atoms with Gasteiger partial charge in [-0.3, -0.25) is 0 Å². The van der Waals surface area contributed by atoms with Crippen molar-refractivity contribution < 1.29 is 4.84 Å². The van der Waals surface area contributed by atoms with Crippen LogP contribution in [-0.2, 0) is 11.4 Å². The molecule has 0 radical (unpaired) electrons. The zero-order chi connectivity index (χ0) is 14.2. The van der Waals surface area contributed by atoms with Crippen LogP contribution in [0.3, 0.4) is 0 Å². The molecule has 96 valence electrons. The predicted molar refractivity (Wildman–Crippen MR) is 74.7 cm³/mol. The van der Waals surface area contributed by atoms with Crippen molar-refractivity contribution in [1.29, 1.82) is 10.5 Å². The van der Waals surface area contributed by atoms with Crippen molar-refractivity contribution in [3.05, 3.63) is 70.8 Å². The quantitative estimate of drug-likeness (QED) is 0.627. The van der Waals surface area contributed by atoms with Crippen LogP contribution in [0, 0.1) is 22.7 Å². The molecule has 0 bridgehead atoms. The smallest absolute Gasteiger partial charge is 0.143 e. The first-order valence-corrected chi connectivity index (χ1v) is 5.97. The second-order valence-corrected chi connectivity index (χ2v) is 3.98. The molecule has 2 aromatic rings. The van der Waals surface area contributed by atoms with E-state index in [4.69, 9.17) is 15.4 Å². The minimum Gasteiger partial charge on any atom is -0.391 e. The largest absolute Gasteiger partial charge is 0.391 e. The van der Waals surface area contributed by atoms with E-state index in [-0.39, 0.29) is 6.61 Å². The molecule has 4 nitrogen and oxygen atoms in total. The highest BCUT2D eigenvalue weighted by Crippen LogP contribution is 2.09. The average molecular weight is 261 g/mol. The fraction of sp³-hybridized carbons (Fsp3) is 0.0625. The van der Waals surface area contributed by atoms with Gasteiger partial charge in [-0.05, 0) is 12.1 Å². The Morgan fingerprint density at radius 3 is 2.35 bits per heavy atom. The molecule has 0 aromatic heterocycles. The zero-order valence-electron chi connectivity index (χ0n) is 10.7. The molecule has 0 unspecified atom stereocenters. The lowest BCUT2D eigenvalue weighted by atomic mass is 10.1. The standard InChI is InChI=1S/C16H11N3O/c17-9-13-5-1-3-7-15(13)11-19-20-12-16-8-4-2-6-14(16)10-18/h1-8,11H,12H2. The van der Waals surface area contributed by atoms with E-state index in [0.29, 0.717) is 16.7 Å². The Kier molecular flexibility index (Phi) is 4.48. The molecule has 0 saturated heterocycles. The van der Waals surface area contributed by atoms with E-state index in [1.165, 1.54) is 6.21 Å². The minimum absolute atomic E-state index is 0.217. The number of nitriles is 2. The Balaban J connectivity index is 2.01. The van der Waals surface area contributed by atoms with E-state index < -0.39 is 0 Å². The molecule has 0 fully saturated rings. The third kappa shape index (κ3) is 3.22. The van der Waals surface area contributed by atoms with Crippen molar-refractivity contribution in [2.45, 2.75) is 6.61 Å². The molecule has 0 aliphatic rings. The molecule has 0 aliphatic heterocycles. The van der Waals surface area contributed by atoms with Crippen molar-refractivity contribution in [2.75, 3.05) is 0 Å². The van der Waals surface area contributed by atoms with Crippen LogP contribution >= 0.6 is 0 Å². The number of oxime groups is 1. The molecule has 0 N–H and O–H groups in total. The normalized spacial score (nSPS) is 9.90. The SMILES string of the molecule is N#Cc1ccccc1C=NOCc1ccccc1C#N. The number of hydrogen-bond acceptors (Lipinski definition) is 4. The van der Waals surface area contributed by atoms with E-state index >= 15 is 0 Å². The van der Waals surface area contributed by atoms with Crippen LogP contribution in [0.1, 0.15) is 22.3 Å². The highest BCUT2D eigenvalue weighted by molar-refractivity contribution is 5.82. The highest BCUT2D eigenvalue weighted by Gasteiger charge is 2.00. The summed E-state index contributed by atoms with van der Waals surface area (Å²) in [6, 6.07) is 18.5. The molecule has 4 heteroatoms. The van der Waals surface area contributed by atoms with Crippen LogP contribution in [0.2, 0.25) is 0 Å². The van der Waals surface area contributed by atoms with Gasteiger partial charge in [-0.1, -0.05) is 41.6 Å². The molecule has 2 rings (SSSR count). The van der Waals surface area contributed by atoms with E-state index in [0.717, 1.165) is 5.56 Å². The van der Waals surface area contributed by atoms with Crippen LogP contribution in [0.4, 0.5) is 0 Å². The van der Waals surface area contributed by atoms with Crippen LogP contribution in [0.15, 0.2) is 53.7 Å². The molecule has 20 heavy (non-hydrogen) atoms. The van der Waals surface area contributed by atoms with E-state index in [1.54, 1.807) is 30.3 Å². The van der Waals surface area contributed by atoms with Crippen LogP contribution in [0.5, 0.6) is 0 Å². The summed E-state index contributed by atoms with van der Waals surface area (Å²) in [6.07, 6.45) is 1.49. The van der Waals surface area contributed by atoms with Crippen molar-refractivity contribution in [2.24, 2.45) is 5.16 Å². The summed E-state index contributed by atoms with van der Waals surface area (Å²) in [4.78, 5) is 5.17. The monoisotopic (exact) mass is 261 g/mol. The number of hydrogen-bond donors (Lipinski definition) is 0. The summed E-state index contributed by atoms with van der Waals surface area (Å²) >= 11 is 0. The predicted octanol–water partition coefficient (Wildman–Crippen LogP) is 2.98. The molecule has 0 atom stereocenters. The van der Waals surface area contributed by atoms with Crippen LogP contribution in [-0.4, -0.2) is 6.21 Å². The van der Waals surface area contributed by atoms with Gasteiger partial charge in [0, 0.05) is 11.1 Å². The van der Waals surface area contributed by atoms with Gasteiger partial charge in [-0.25, -0.2) is 0 Å². The maximum atomic E-state index is 8.94. The summed E-state index contributed by atoms with van der Waals surface area (Å²) in [5.41, 5.74) is 2.58. The Labute approximate surface area is 117 Å². The maximum Gasteiger partial charge on any atom is 0.143 e. The lowest BCUT2D eigenvalue weighted by Crippen LogP contribution is -1.93. The van der Waals surface area contributed by atoms with Gasteiger partial charge >= 0.3 is 0 Å². The maximum absolute atomic E-state index is 8.94. The van der Waals surface area contributed by atoms with Gasteiger partial charge in [-0.2, -0.15) is 10.5 Å². The molecule has 0 aliphatic carbocycles. The van der Waals surface area contributed by atoms with E-state index in [2.05, 4.69) is 17.3 Å². The first kappa shape index (κ1) is 13.3. The Hall–Kier alpha value is -3.11. The van der Waals surface area contributed by atoms with Gasteiger partial charge in [0.1, 0.15) is 6.61 Å². The topological polar surface area (TPSA) is 69.2 Å². The molecular weight excluding hydrogens is 250 g/mol. The van der Waals surface area contributed by atoms with Crippen LogP contribution in [0.25, 0.3) is 0 Å². The summed E-state index contributed by atoms with van der Waals surface area (Å²) in [7, 11) is 0. The van der Waals surface area contributed by atoms with Gasteiger partial charge in [0.05, 0.1) is 29.5 Å². The Morgan fingerprint density at radius 2 is 1.60 bits per heavy atom. The molecule has 2 aromatic carbocycles. The average Bonchev–Trinajstić information content (AvgIpc) is 2.52. The third-order valence-corrected chi connectivity index (χ3v) is 2.71. The number of benzene rings is 2. The fourth-order valence-electron chi connectivity index (χ4n) is 1.67. The van der Waals surface area contributed by atoms with Crippen molar-refractivity contribution in [1.82, 2.24) is 0 Å². The fourth-order valence-corrected chi connectivity index (χ4v) is 1.67. The van der Waals surface area contributed by atoms with E-state index in [9.17, 15) is 0 Å². The summed E-state index contributed by atoms with van der Waals surface area (Å²) < 4.78 is 0. The van der Waals surface area contributed by atoms with Gasteiger partial charge < -0.3 is 4.84 Å². The van der Waals surface area contributed by atoms with Gasteiger partial charge in [0.25, 0.3) is 0 Å². The Bertz CT molecular complexity index is 708. The summed E-state index contributed by atoms with van der Waals surface area (Å²) in [5.74, 6) is 0. The second kappa shape index (κ2) is 6.72. The Morgan fingerprint density at radius 1 is 0.950 bits per heavy atom. The third-order valence-electron chi connectivity index (χ3n) is 2.71. The molecule has 0 amide bonds. The minimum atomic E-state index is 0.217. The van der Waals surface area contributed by atoms with Crippen molar-refractivity contribution in [3.8, 4) is 12.1 Å². The van der Waals surface area contributed by atoms with Crippen LogP contribution < -0.4 is 0 Å². The first-order chi connectivity index (χ1) is 9.85. The zero-order valence-corrected chi connectivity index (χ0v) is 10.7. The lowest BCUT2D eigenvalue weighted by Gasteiger charge is -2.02. The second-order valence-electron chi connectivity index (χ2n) is 3.98. The molecule has 0 heterocycles. The van der Waals surface area contributed by atoms with Crippen molar-refractivity contribution >= 4 is 6.21 Å². The summed E-state index contributed by atoms with van der Waals surface area (Å²) in [6.45, 7) is 0.217. The first-order valence-electron chi connectivity index (χ1n) is 5.97. The van der Waals surface area contributed by atoms with Gasteiger partial charge in [-0.15, -0.1) is 0 Å². The molecular formula is C16H11N3O. The number of rotatable bonds is 4. The highest BCUT2D eigenvalue weighted by atomic mass is 16.6. The summed E-state index contributed by atoms with van der Waals surface area (Å²) in [5, 5.41) is 21.7. The molecule has 0 spiro atoms. The van der Waals surface area contributed by atoms with Gasteiger partial charge in [0.2, 0.25) is 0 Å². The molecule has 0 saturated carbocycles. The van der Waals surface area contributed by atoms with Crippen molar-refractivity contribution in [3.63, 3.8) is 0 Å². The lowest BCUT2D eigenvalue weighted by molar-refractivity contribution is 0.132. The van der Waals surface area contributed by atoms with Gasteiger partial charge in [0.15, 0.2) is 0 Å².